The first-order valence-corrected chi connectivity index (χ1v) is 8.94. The van der Waals surface area contributed by atoms with Gasteiger partial charge in [0.2, 0.25) is 11.8 Å². The van der Waals surface area contributed by atoms with Crippen molar-refractivity contribution in [1.82, 2.24) is 10.0 Å². The summed E-state index contributed by atoms with van der Waals surface area (Å²) in [7, 11) is 0. The van der Waals surface area contributed by atoms with Crippen LogP contribution < -0.4 is 10.2 Å². The Bertz CT molecular complexity index is 1030. The number of rotatable bonds is 4. The Kier molecular flexibility index (Phi) is 5.36. The van der Waals surface area contributed by atoms with Crippen LogP contribution in [-0.4, -0.2) is 32.6 Å². The number of alkyl carbamates (subject to hydrolysis) is 1. The van der Waals surface area contributed by atoms with E-state index in [4.69, 9.17) is 9.57 Å². The standard InChI is InChI=1S/C21H22N2O6/c1-21(2,3)28-20(27)22-18(19(26)29-23-16(24)10-11-17(23)25)15-9-8-13-6-4-5-7-14(13)12-15/h4-12,18,24-25H,1-3H3,(H,22,27). The van der Waals surface area contributed by atoms with Gasteiger partial charge in [-0.05, 0) is 43.2 Å². The quantitative estimate of drug-likeness (QED) is 0.622. The fourth-order valence-corrected chi connectivity index (χ4v) is 2.73. The van der Waals surface area contributed by atoms with Gasteiger partial charge in [0.05, 0.1) is 0 Å². The summed E-state index contributed by atoms with van der Waals surface area (Å²) >= 11 is 0. The average molecular weight is 398 g/mol. The molecule has 3 rings (SSSR count). The number of hydrogen-bond acceptors (Lipinski definition) is 6. The molecule has 1 aromatic heterocycles. The summed E-state index contributed by atoms with van der Waals surface area (Å²) in [6, 6.07) is 13.9. The summed E-state index contributed by atoms with van der Waals surface area (Å²) in [4.78, 5) is 30.2. The molecule has 0 saturated carbocycles. The smallest absolute Gasteiger partial charge is 0.408 e. The number of nitrogens with zero attached hydrogens (tertiary/aromatic N) is 1. The largest absolute Gasteiger partial charge is 0.492 e. The first kappa shape index (κ1) is 20.1. The second kappa shape index (κ2) is 7.75. The summed E-state index contributed by atoms with van der Waals surface area (Å²) in [6.07, 6.45) is -0.812. The van der Waals surface area contributed by atoms with Crippen LogP contribution in [0.15, 0.2) is 54.6 Å². The van der Waals surface area contributed by atoms with Gasteiger partial charge in [-0.15, -0.1) is 4.73 Å². The highest BCUT2D eigenvalue weighted by Gasteiger charge is 2.29. The zero-order valence-corrected chi connectivity index (χ0v) is 16.2. The Labute approximate surface area is 167 Å². The lowest BCUT2D eigenvalue weighted by Crippen LogP contribution is -2.40. The molecule has 0 radical (unpaired) electrons. The van der Waals surface area contributed by atoms with Crippen molar-refractivity contribution in [1.29, 1.82) is 0 Å². The van der Waals surface area contributed by atoms with Crippen LogP contribution in [0.1, 0.15) is 32.4 Å². The highest BCUT2D eigenvalue weighted by Crippen LogP contribution is 2.24. The van der Waals surface area contributed by atoms with Crippen molar-refractivity contribution in [3.05, 3.63) is 60.2 Å². The molecule has 0 saturated heterocycles. The molecule has 0 spiro atoms. The van der Waals surface area contributed by atoms with E-state index in [1.54, 1.807) is 32.9 Å². The number of aromatic hydroxyl groups is 2. The maximum absolute atomic E-state index is 12.8. The van der Waals surface area contributed by atoms with Crippen molar-refractivity contribution in [3.8, 4) is 11.8 Å². The third-order valence-corrected chi connectivity index (χ3v) is 3.98. The first-order chi connectivity index (χ1) is 13.6. The lowest BCUT2D eigenvalue weighted by Gasteiger charge is -2.23. The predicted octanol–water partition coefficient (Wildman–Crippen LogP) is 3.27. The van der Waals surface area contributed by atoms with E-state index in [-0.39, 0.29) is 0 Å². The van der Waals surface area contributed by atoms with Crippen molar-refractivity contribution in [3.63, 3.8) is 0 Å². The predicted molar refractivity (Wildman–Crippen MR) is 105 cm³/mol. The Morgan fingerprint density at radius 3 is 2.21 bits per heavy atom. The van der Waals surface area contributed by atoms with E-state index in [0.717, 1.165) is 22.9 Å². The molecular weight excluding hydrogens is 376 g/mol. The lowest BCUT2D eigenvalue weighted by molar-refractivity contribution is -0.148. The number of amides is 1. The molecule has 3 aromatic rings. The van der Waals surface area contributed by atoms with Gasteiger partial charge >= 0.3 is 12.1 Å². The van der Waals surface area contributed by atoms with Crippen LogP contribution in [0, 0.1) is 0 Å². The number of fused-ring (bicyclic) bond motifs is 1. The Morgan fingerprint density at radius 2 is 1.59 bits per heavy atom. The zero-order chi connectivity index (χ0) is 21.2. The minimum atomic E-state index is -1.24. The molecule has 2 aromatic carbocycles. The molecule has 3 N–H and O–H groups in total. The first-order valence-electron chi connectivity index (χ1n) is 8.94. The van der Waals surface area contributed by atoms with Gasteiger partial charge in [0.1, 0.15) is 5.60 Å². The monoisotopic (exact) mass is 398 g/mol. The number of benzene rings is 2. The van der Waals surface area contributed by atoms with Crippen LogP contribution in [-0.2, 0) is 9.53 Å². The molecule has 0 aliphatic heterocycles. The van der Waals surface area contributed by atoms with E-state index in [1.165, 1.54) is 0 Å². The summed E-state index contributed by atoms with van der Waals surface area (Å²) in [5.41, 5.74) is -0.315. The maximum atomic E-state index is 12.8. The van der Waals surface area contributed by atoms with Crippen LogP contribution in [0.5, 0.6) is 11.8 Å². The summed E-state index contributed by atoms with van der Waals surface area (Å²) < 4.78 is 5.81. The lowest BCUT2D eigenvalue weighted by atomic mass is 10.0. The van der Waals surface area contributed by atoms with Gasteiger partial charge in [0, 0.05) is 12.1 Å². The fourth-order valence-electron chi connectivity index (χ4n) is 2.73. The molecule has 0 aliphatic rings. The minimum absolute atomic E-state index is 0.450. The number of aromatic nitrogens is 1. The molecule has 29 heavy (non-hydrogen) atoms. The van der Waals surface area contributed by atoms with Crippen LogP contribution in [0.25, 0.3) is 10.8 Å². The summed E-state index contributed by atoms with van der Waals surface area (Å²) in [6.45, 7) is 5.10. The summed E-state index contributed by atoms with van der Waals surface area (Å²) in [5.74, 6) is -1.86. The maximum Gasteiger partial charge on any atom is 0.408 e. The average Bonchev–Trinajstić information content (AvgIpc) is 2.96. The topological polar surface area (TPSA) is 110 Å². The minimum Gasteiger partial charge on any atom is -0.492 e. The van der Waals surface area contributed by atoms with Crippen LogP contribution in [0.2, 0.25) is 0 Å². The molecule has 1 unspecified atom stereocenters. The van der Waals surface area contributed by atoms with Gasteiger partial charge in [0.25, 0.3) is 0 Å². The number of carbonyl (C=O) groups excluding carboxylic acids is 2. The molecule has 1 atom stereocenters. The van der Waals surface area contributed by atoms with E-state index in [1.807, 2.05) is 30.3 Å². The van der Waals surface area contributed by atoms with E-state index < -0.39 is 35.5 Å². The highest BCUT2D eigenvalue weighted by atomic mass is 16.7. The van der Waals surface area contributed by atoms with Crippen molar-refractivity contribution in [2.45, 2.75) is 32.4 Å². The van der Waals surface area contributed by atoms with Gasteiger partial charge in [0.15, 0.2) is 6.04 Å². The van der Waals surface area contributed by atoms with Gasteiger partial charge < -0.3 is 25.1 Å². The van der Waals surface area contributed by atoms with Crippen molar-refractivity contribution in [2.24, 2.45) is 0 Å². The van der Waals surface area contributed by atoms with E-state index in [9.17, 15) is 19.8 Å². The van der Waals surface area contributed by atoms with Gasteiger partial charge in [-0.25, -0.2) is 9.59 Å². The van der Waals surface area contributed by atoms with Crippen LogP contribution in [0.3, 0.4) is 0 Å². The molecule has 152 valence electrons. The highest BCUT2D eigenvalue weighted by molar-refractivity contribution is 5.87. The molecule has 8 heteroatoms. The van der Waals surface area contributed by atoms with Crippen molar-refractivity contribution >= 4 is 22.8 Å². The number of hydrogen-bond donors (Lipinski definition) is 3. The summed E-state index contributed by atoms with van der Waals surface area (Å²) in [5, 5.41) is 23.8. The molecule has 0 bridgehead atoms. The molecule has 1 amide bonds. The van der Waals surface area contributed by atoms with Gasteiger partial charge in [-0.1, -0.05) is 36.4 Å². The SMILES string of the molecule is CC(C)(C)OC(=O)NC(C(=O)On1c(O)ccc1O)c1ccc2ccccc2c1. The molecular formula is C21H22N2O6. The second-order valence-electron chi connectivity index (χ2n) is 7.44. The normalized spacial score (nSPS) is 12.4. The Morgan fingerprint density at radius 1 is 0.966 bits per heavy atom. The second-order valence-corrected chi connectivity index (χ2v) is 7.44. The fraction of sp³-hybridized carbons (Fsp3) is 0.238. The van der Waals surface area contributed by atoms with Crippen molar-refractivity contribution < 1.29 is 29.4 Å². The zero-order valence-electron chi connectivity index (χ0n) is 16.2. The van der Waals surface area contributed by atoms with E-state index >= 15 is 0 Å². The van der Waals surface area contributed by atoms with Crippen molar-refractivity contribution in [2.75, 3.05) is 0 Å². The molecule has 0 aliphatic carbocycles. The number of carbonyl (C=O) groups is 2. The number of ether oxygens (including phenoxy) is 1. The van der Waals surface area contributed by atoms with Crippen LogP contribution >= 0.6 is 0 Å². The molecule has 8 nitrogen and oxygen atoms in total. The van der Waals surface area contributed by atoms with Gasteiger partial charge in [-0.2, -0.15) is 0 Å². The van der Waals surface area contributed by atoms with Gasteiger partial charge in [-0.3, -0.25) is 0 Å². The third kappa shape index (κ3) is 4.78. The van der Waals surface area contributed by atoms with E-state index in [0.29, 0.717) is 10.3 Å². The Balaban J connectivity index is 1.93. The van der Waals surface area contributed by atoms with E-state index in [2.05, 4.69) is 5.32 Å². The third-order valence-electron chi connectivity index (χ3n) is 3.98. The molecule has 0 fully saturated rings. The Hall–Kier alpha value is -3.68. The number of nitrogens with one attached hydrogen (secondary N) is 1. The van der Waals surface area contributed by atoms with Crippen LogP contribution in [0.4, 0.5) is 4.79 Å². The molecule has 1 heterocycles.